The highest BCUT2D eigenvalue weighted by molar-refractivity contribution is 7.23. The lowest BCUT2D eigenvalue weighted by Gasteiger charge is -2.18. The van der Waals surface area contributed by atoms with Gasteiger partial charge in [-0.15, -0.1) is 22.7 Å². The van der Waals surface area contributed by atoms with Gasteiger partial charge in [-0.25, -0.2) is 0 Å². The van der Waals surface area contributed by atoms with Crippen LogP contribution in [0, 0.1) is 6.92 Å². The molecule has 2 heterocycles. The molecule has 9 rings (SSSR count). The van der Waals surface area contributed by atoms with Crippen molar-refractivity contribution in [1.29, 1.82) is 0 Å². The summed E-state index contributed by atoms with van der Waals surface area (Å²) in [5, 5.41) is 12.0. The van der Waals surface area contributed by atoms with Gasteiger partial charge in [0.1, 0.15) is 0 Å². The summed E-state index contributed by atoms with van der Waals surface area (Å²) in [5.41, 5.74) is 10.4. The van der Waals surface area contributed by atoms with Crippen LogP contribution >= 0.6 is 22.7 Å². The Balaban J connectivity index is 1.23. The first-order valence-electron chi connectivity index (χ1n) is 19.5. The van der Waals surface area contributed by atoms with Crippen molar-refractivity contribution in [1.82, 2.24) is 0 Å². The third-order valence-electron chi connectivity index (χ3n) is 11.2. The van der Waals surface area contributed by atoms with E-state index in [9.17, 15) is 0 Å². The molecule has 0 nitrogen and oxygen atoms in total. The molecular weight excluding hydrogens is 701 g/mol. The summed E-state index contributed by atoms with van der Waals surface area (Å²) in [4.78, 5) is 1.47. The summed E-state index contributed by atoms with van der Waals surface area (Å²) in [6.45, 7) is 10.9. The van der Waals surface area contributed by atoms with Gasteiger partial charge in [0.25, 0.3) is 0 Å². The minimum atomic E-state index is 0.851. The molecule has 0 aliphatic rings. The third kappa shape index (κ3) is 5.87. The minimum Gasteiger partial charge on any atom is -0.139 e. The van der Waals surface area contributed by atoms with Crippen molar-refractivity contribution < 1.29 is 0 Å². The number of hydrogen-bond donors (Lipinski definition) is 0. The smallest absolute Gasteiger partial charge is 0.0454 e. The number of benzene rings is 7. The van der Waals surface area contributed by atoms with Gasteiger partial charge in [0, 0.05) is 35.0 Å². The highest BCUT2D eigenvalue weighted by Crippen LogP contribution is 2.45. The van der Waals surface area contributed by atoms with E-state index >= 15 is 0 Å². The van der Waals surface area contributed by atoms with E-state index in [1.165, 1.54) is 112 Å². The summed E-state index contributed by atoms with van der Waals surface area (Å²) in [7, 11) is 0. The molecule has 0 saturated carbocycles. The van der Waals surface area contributed by atoms with Gasteiger partial charge in [-0.1, -0.05) is 159 Å². The number of allylic oxidation sites excluding steroid dienone is 2. The van der Waals surface area contributed by atoms with Crippen molar-refractivity contribution in [2.45, 2.75) is 47.5 Å². The van der Waals surface area contributed by atoms with Crippen molar-refractivity contribution in [3.8, 4) is 22.3 Å². The molecule has 0 fully saturated rings. The van der Waals surface area contributed by atoms with E-state index in [4.69, 9.17) is 0 Å². The average Bonchev–Trinajstić information content (AvgIpc) is 3.78. The van der Waals surface area contributed by atoms with Gasteiger partial charge < -0.3 is 0 Å². The maximum Gasteiger partial charge on any atom is 0.0454 e. The molecule has 0 aliphatic heterocycles. The fraction of sp³-hybridized carbons (Fsp3) is 0.132. The van der Waals surface area contributed by atoms with E-state index in [2.05, 4.69) is 186 Å². The van der Waals surface area contributed by atoms with Crippen LogP contribution < -0.4 is 9.75 Å². The number of hydrogen-bond acceptors (Lipinski definition) is 2. The lowest BCUT2D eigenvalue weighted by Crippen LogP contribution is -2.18. The van der Waals surface area contributed by atoms with Gasteiger partial charge in [-0.3, -0.25) is 0 Å². The average molecular weight is 745 g/mol. The predicted molar refractivity (Wildman–Crippen MR) is 248 cm³/mol. The first-order chi connectivity index (χ1) is 27.0. The molecule has 0 spiro atoms. The maximum absolute atomic E-state index is 2.49. The molecule has 0 radical (unpaired) electrons. The number of fused-ring (bicyclic) bond motifs is 8. The van der Waals surface area contributed by atoms with E-state index in [0.717, 1.165) is 12.8 Å². The zero-order valence-corrected chi connectivity index (χ0v) is 33.8. The molecular formula is C53H44S2. The van der Waals surface area contributed by atoms with Crippen LogP contribution in [-0.4, -0.2) is 0 Å². The Labute approximate surface area is 331 Å². The topological polar surface area (TPSA) is 0 Å². The molecule has 0 N–H and O–H groups in total. The lowest BCUT2D eigenvalue weighted by molar-refractivity contribution is 1.18. The molecule has 0 aliphatic carbocycles. The van der Waals surface area contributed by atoms with Crippen molar-refractivity contribution in [2.24, 2.45) is 0 Å². The van der Waals surface area contributed by atoms with Gasteiger partial charge >= 0.3 is 0 Å². The maximum atomic E-state index is 2.49. The van der Waals surface area contributed by atoms with Crippen LogP contribution in [0.15, 0.2) is 127 Å². The molecule has 55 heavy (non-hydrogen) atoms. The standard InChI is InChI=1S/C53H44S2/c1-6-17-35-28-29-37(31-33(35)5)49-40-23-12-10-21-38(40)48(39-22-11-13-24-41(39)49)36-20-16-19-34(32-36)27-30-45-47(9-4)55-53-50(45)42-25-14-15-26-43(42)52-51(53)44(18-7-2)46(8-3)54-52/h6-7,9-26,28-32H,8,27H2,1-5H3/b17-6-,18-7-,45-30+,47-9+. The van der Waals surface area contributed by atoms with E-state index in [1.54, 1.807) is 0 Å². The lowest BCUT2D eigenvalue weighted by atomic mass is 9.85. The Morgan fingerprint density at radius 3 is 1.78 bits per heavy atom. The van der Waals surface area contributed by atoms with E-state index in [0.29, 0.717) is 0 Å². The Kier molecular flexibility index (Phi) is 9.34. The van der Waals surface area contributed by atoms with E-state index < -0.39 is 0 Å². The van der Waals surface area contributed by atoms with Gasteiger partial charge in [-0.05, 0) is 117 Å². The normalized spacial score (nSPS) is 13.0. The second kappa shape index (κ2) is 14.6. The Morgan fingerprint density at radius 2 is 1.18 bits per heavy atom. The molecule has 7 aromatic carbocycles. The zero-order valence-electron chi connectivity index (χ0n) is 32.2. The summed E-state index contributed by atoms with van der Waals surface area (Å²) in [5.74, 6) is 0. The first-order valence-corrected chi connectivity index (χ1v) is 21.1. The van der Waals surface area contributed by atoms with Crippen LogP contribution in [-0.2, 0) is 12.8 Å². The van der Waals surface area contributed by atoms with Gasteiger partial charge in [-0.2, -0.15) is 0 Å². The number of aryl methyl sites for hydroxylation is 2. The predicted octanol–water partition coefficient (Wildman–Crippen LogP) is 14.7. The summed E-state index contributed by atoms with van der Waals surface area (Å²) in [6.07, 6.45) is 15.5. The molecule has 268 valence electrons. The van der Waals surface area contributed by atoms with Crippen molar-refractivity contribution in [3.05, 3.63) is 164 Å². The molecule has 0 amide bonds. The van der Waals surface area contributed by atoms with Crippen LogP contribution in [0.1, 0.15) is 54.8 Å². The third-order valence-corrected chi connectivity index (χ3v) is 13.8. The van der Waals surface area contributed by atoms with Crippen LogP contribution in [0.3, 0.4) is 0 Å². The minimum absolute atomic E-state index is 0.851. The van der Waals surface area contributed by atoms with E-state index in [1.807, 2.05) is 22.7 Å². The Morgan fingerprint density at radius 1 is 0.564 bits per heavy atom. The van der Waals surface area contributed by atoms with E-state index in [-0.39, 0.29) is 0 Å². The Hall–Kier alpha value is -5.54. The number of rotatable bonds is 7. The molecule has 0 bridgehead atoms. The van der Waals surface area contributed by atoms with Crippen LogP contribution in [0.2, 0.25) is 0 Å². The SMILES string of the molecule is C/C=C\c1ccc(-c2c3ccccc3c(-c3cccc(C/C=c4\c(=C/C)sc5c6c(/C=C\C)c(CC)sc6c6ccccc6c45)c3)c3ccccc23)cc1C. The fourth-order valence-corrected chi connectivity index (χ4v) is 11.4. The van der Waals surface area contributed by atoms with Crippen LogP contribution in [0.5, 0.6) is 0 Å². The second-order valence-corrected chi connectivity index (χ2v) is 16.6. The largest absolute Gasteiger partial charge is 0.139 e. The zero-order chi connectivity index (χ0) is 37.6. The molecule has 2 heteroatoms. The van der Waals surface area contributed by atoms with Crippen molar-refractivity contribution in [3.63, 3.8) is 0 Å². The molecule has 9 aromatic rings. The van der Waals surface area contributed by atoms with Crippen molar-refractivity contribution in [2.75, 3.05) is 0 Å². The van der Waals surface area contributed by atoms with Gasteiger partial charge in [0.15, 0.2) is 0 Å². The molecule has 2 aromatic heterocycles. The van der Waals surface area contributed by atoms with Gasteiger partial charge in [0.05, 0.1) is 0 Å². The quantitative estimate of drug-likeness (QED) is 0.143. The molecule has 0 atom stereocenters. The van der Waals surface area contributed by atoms with Gasteiger partial charge in [0.2, 0.25) is 0 Å². The monoisotopic (exact) mass is 744 g/mol. The molecule has 0 unspecified atom stereocenters. The fourth-order valence-electron chi connectivity index (χ4n) is 8.75. The highest BCUT2D eigenvalue weighted by atomic mass is 32.1. The van der Waals surface area contributed by atoms with Crippen molar-refractivity contribution >= 4 is 99.5 Å². The second-order valence-electron chi connectivity index (χ2n) is 14.4. The Bertz CT molecular complexity index is 3090. The van der Waals surface area contributed by atoms with Crippen LogP contribution in [0.4, 0.5) is 0 Å². The summed E-state index contributed by atoms with van der Waals surface area (Å²) >= 11 is 3.93. The summed E-state index contributed by atoms with van der Waals surface area (Å²) < 4.78 is 4.18. The first kappa shape index (κ1) is 35.2. The van der Waals surface area contributed by atoms with Crippen LogP contribution in [0.25, 0.3) is 99.0 Å². The highest BCUT2D eigenvalue weighted by Gasteiger charge is 2.20. The number of thiophene rings is 2. The summed E-state index contributed by atoms with van der Waals surface area (Å²) in [6, 6.07) is 43.2. The molecule has 0 saturated heterocycles.